The summed E-state index contributed by atoms with van der Waals surface area (Å²) >= 11 is 0. The van der Waals surface area contributed by atoms with E-state index in [1.54, 1.807) is 4.90 Å². The Morgan fingerprint density at radius 2 is 2.00 bits per heavy atom. The van der Waals surface area contributed by atoms with Crippen LogP contribution in [0.5, 0.6) is 0 Å². The topological polar surface area (TPSA) is 79.0 Å². The Balaban J connectivity index is 1.55. The van der Waals surface area contributed by atoms with Crippen LogP contribution >= 0.6 is 0 Å². The standard InChI is InChI=1S/C18H23N3O4/c22-16(12-20-9-10-25-13-18(20)24)19-11-17(23)21-8-4-3-6-14-5-1-2-7-15(14)21/h1-2,5,7H,3-4,6,8-13H2,(H,19,22). The van der Waals surface area contributed by atoms with E-state index in [-0.39, 0.29) is 37.4 Å². The lowest BCUT2D eigenvalue weighted by atomic mass is 10.1. The first-order chi connectivity index (χ1) is 12.1. The highest BCUT2D eigenvalue weighted by Crippen LogP contribution is 2.25. The van der Waals surface area contributed by atoms with Crippen molar-refractivity contribution in [1.82, 2.24) is 10.2 Å². The number of amides is 3. The SMILES string of the molecule is O=C(CN1CCOCC1=O)NCC(=O)N1CCCCc2ccccc21. The number of carbonyl (C=O) groups is 3. The number of nitrogens with zero attached hydrogens (tertiary/aromatic N) is 2. The van der Waals surface area contributed by atoms with Crippen LogP contribution in [0.25, 0.3) is 0 Å². The van der Waals surface area contributed by atoms with E-state index in [1.165, 1.54) is 10.5 Å². The first-order valence-electron chi connectivity index (χ1n) is 8.65. The predicted molar refractivity (Wildman–Crippen MR) is 92.1 cm³/mol. The summed E-state index contributed by atoms with van der Waals surface area (Å²) in [5.74, 6) is -0.656. The summed E-state index contributed by atoms with van der Waals surface area (Å²) in [7, 11) is 0. The van der Waals surface area contributed by atoms with Gasteiger partial charge in [0.15, 0.2) is 0 Å². The van der Waals surface area contributed by atoms with Gasteiger partial charge in [0.25, 0.3) is 0 Å². The summed E-state index contributed by atoms with van der Waals surface area (Å²) in [6, 6.07) is 7.90. The van der Waals surface area contributed by atoms with Crippen LogP contribution in [-0.4, -0.2) is 62.0 Å². The first kappa shape index (κ1) is 17.4. The van der Waals surface area contributed by atoms with Crippen LogP contribution in [0.2, 0.25) is 0 Å². The number of para-hydroxylation sites is 1. The summed E-state index contributed by atoms with van der Waals surface area (Å²) in [6.45, 7) is 1.41. The average Bonchev–Trinajstić information content (AvgIpc) is 2.84. The van der Waals surface area contributed by atoms with Gasteiger partial charge in [-0.3, -0.25) is 14.4 Å². The minimum atomic E-state index is -0.327. The van der Waals surface area contributed by atoms with Crippen molar-refractivity contribution >= 4 is 23.4 Å². The Morgan fingerprint density at radius 1 is 1.16 bits per heavy atom. The molecule has 1 fully saturated rings. The van der Waals surface area contributed by atoms with Crippen molar-refractivity contribution in [2.45, 2.75) is 19.3 Å². The number of nitrogens with one attached hydrogen (secondary N) is 1. The van der Waals surface area contributed by atoms with Gasteiger partial charge in [-0.05, 0) is 30.9 Å². The van der Waals surface area contributed by atoms with Gasteiger partial charge in [0.2, 0.25) is 17.7 Å². The number of benzene rings is 1. The number of morpholine rings is 1. The number of anilines is 1. The van der Waals surface area contributed by atoms with E-state index in [9.17, 15) is 14.4 Å². The quantitative estimate of drug-likeness (QED) is 0.853. The molecule has 3 amide bonds. The van der Waals surface area contributed by atoms with E-state index in [4.69, 9.17) is 4.74 Å². The van der Waals surface area contributed by atoms with Gasteiger partial charge in [-0.25, -0.2) is 0 Å². The van der Waals surface area contributed by atoms with Crippen LogP contribution in [0.4, 0.5) is 5.69 Å². The molecule has 7 heteroatoms. The van der Waals surface area contributed by atoms with E-state index in [1.807, 2.05) is 24.3 Å². The second kappa shape index (κ2) is 8.11. The van der Waals surface area contributed by atoms with Crippen LogP contribution in [0.1, 0.15) is 18.4 Å². The number of fused-ring (bicyclic) bond motifs is 1. The zero-order valence-electron chi connectivity index (χ0n) is 14.2. The maximum Gasteiger partial charge on any atom is 0.249 e. The fraction of sp³-hybridized carbons (Fsp3) is 0.500. The van der Waals surface area contributed by atoms with E-state index in [0.29, 0.717) is 19.7 Å². The third kappa shape index (κ3) is 4.36. The molecule has 2 aliphatic rings. The normalized spacial score (nSPS) is 17.7. The number of rotatable bonds is 4. The minimum Gasteiger partial charge on any atom is -0.370 e. The summed E-state index contributed by atoms with van der Waals surface area (Å²) in [5, 5.41) is 2.63. The van der Waals surface area contributed by atoms with Crippen molar-refractivity contribution < 1.29 is 19.1 Å². The molecular weight excluding hydrogens is 322 g/mol. The van der Waals surface area contributed by atoms with Gasteiger partial charge < -0.3 is 19.9 Å². The van der Waals surface area contributed by atoms with Gasteiger partial charge in [0, 0.05) is 18.8 Å². The van der Waals surface area contributed by atoms with Crippen molar-refractivity contribution in [3.8, 4) is 0 Å². The third-order valence-electron chi connectivity index (χ3n) is 4.52. The lowest BCUT2D eigenvalue weighted by Crippen LogP contribution is -2.48. The Hall–Kier alpha value is -2.41. The molecule has 2 aliphatic heterocycles. The molecule has 0 aliphatic carbocycles. The Bertz CT molecular complexity index is 661. The van der Waals surface area contributed by atoms with Crippen LogP contribution in [0, 0.1) is 0 Å². The van der Waals surface area contributed by atoms with E-state index in [0.717, 1.165) is 24.9 Å². The molecule has 1 N–H and O–H groups in total. The van der Waals surface area contributed by atoms with E-state index in [2.05, 4.69) is 5.32 Å². The lowest BCUT2D eigenvalue weighted by Gasteiger charge is -2.26. The molecule has 3 rings (SSSR count). The Kier molecular flexibility index (Phi) is 5.65. The molecule has 0 spiro atoms. The maximum absolute atomic E-state index is 12.6. The molecule has 0 bridgehead atoms. The van der Waals surface area contributed by atoms with Crippen molar-refractivity contribution in [2.75, 3.05) is 44.3 Å². The molecule has 0 radical (unpaired) electrons. The maximum atomic E-state index is 12.6. The molecular formula is C18H23N3O4. The highest BCUT2D eigenvalue weighted by molar-refractivity contribution is 5.98. The molecule has 0 unspecified atom stereocenters. The minimum absolute atomic E-state index is 0.0107. The molecule has 0 saturated carbocycles. The van der Waals surface area contributed by atoms with Gasteiger partial charge in [-0.1, -0.05) is 18.2 Å². The molecule has 0 aromatic heterocycles. The van der Waals surface area contributed by atoms with Gasteiger partial charge in [-0.15, -0.1) is 0 Å². The highest BCUT2D eigenvalue weighted by Gasteiger charge is 2.23. The highest BCUT2D eigenvalue weighted by atomic mass is 16.5. The summed E-state index contributed by atoms with van der Waals surface area (Å²) in [5.41, 5.74) is 2.10. The first-order valence-corrected chi connectivity index (χ1v) is 8.65. The van der Waals surface area contributed by atoms with E-state index < -0.39 is 0 Å². The van der Waals surface area contributed by atoms with Crippen LogP contribution in [0.3, 0.4) is 0 Å². The van der Waals surface area contributed by atoms with Crippen molar-refractivity contribution in [2.24, 2.45) is 0 Å². The largest absolute Gasteiger partial charge is 0.370 e. The number of aryl methyl sites for hydroxylation is 1. The average molecular weight is 345 g/mol. The molecule has 25 heavy (non-hydrogen) atoms. The van der Waals surface area contributed by atoms with Crippen LogP contribution < -0.4 is 10.2 Å². The molecule has 2 heterocycles. The van der Waals surface area contributed by atoms with Crippen LogP contribution in [0.15, 0.2) is 24.3 Å². The Labute approximate surface area is 146 Å². The van der Waals surface area contributed by atoms with Gasteiger partial charge >= 0.3 is 0 Å². The predicted octanol–water partition coefficient (Wildman–Crippen LogP) is 0.331. The summed E-state index contributed by atoms with van der Waals surface area (Å²) in [6.07, 6.45) is 2.95. The van der Waals surface area contributed by atoms with E-state index >= 15 is 0 Å². The van der Waals surface area contributed by atoms with Crippen molar-refractivity contribution in [1.29, 1.82) is 0 Å². The van der Waals surface area contributed by atoms with Gasteiger partial charge in [0.1, 0.15) is 6.61 Å². The fourth-order valence-corrected chi connectivity index (χ4v) is 3.17. The third-order valence-corrected chi connectivity index (χ3v) is 4.52. The fourth-order valence-electron chi connectivity index (χ4n) is 3.17. The molecule has 1 saturated heterocycles. The summed E-state index contributed by atoms with van der Waals surface area (Å²) < 4.78 is 5.03. The number of hydrogen-bond acceptors (Lipinski definition) is 4. The van der Waals surface area contributed by atoms with Gasteiger partial charge in [0.05, 0.1) is 19.7 Å². The summed E-state index contributed by atoms with van der Waals surface area (Å²) in [4.78, 5) is 39.5. The molecule has 134 valence electrons. The lowest BCUT2D eigenvalue weighted by molar-refractivity contribution is -0.145. The van der Waals surface area contributed by atoms with Crippen LogP contribution in [-0.2, 0) is 25.5 Å². The number of ether oxygens (including phenoxy) is 1. The smallest absolute Gasteiger partial charge is 0.249 e. The molecule has 0 atom stereocenters. The Morgan fingerprint density at radius 3 is 2.84 bits per heavy atom. The zero-order chi connectivity index (χ0) is 17.6. The number of hydrogen-bond donors (Lipinski definition) is 1. The monoisotopic (exact) mass is 345 g/mol. The van der Waals surface area contributed by atoms with Crippen molar-refractivity contribution in [3.63, 3.8) is 0 Å². The number of carbonyl (C=O) groups excluding carboxylic acids is 3. The molecule has 7 nitrogen and oxygen atoms in total. The molecule has 1 aromatic carbocycles. The zero-order valence-corrected chi connectivity index (χ0v) is 14.2. The van der Waals surface area contributed by atoms with Crippen molar-refractivity contribution in [3.05, 3.63) is 29.8 Å². The van der Waals surface area contributed by atoms with Gasteiger partial charge in [-0.2, -0.15) is 0 Å². The molecule has 1 aromatic rings. The second-order valence-corrected chi connectivity index (χ2v) is 6.28. The second-order valence-electron chi connectivity index (χ2n) is 6.28.